The molecule has 4 rings (SSSR count). The highest BCUT2D eigenvalue weighted by molar-refractivity contribution is 5.93. The Kier molecular flexibility index (Phi) is 4.77. The Bertz CT molecular complexity index is 1060. The van der Waals surface area contributed by atoms with Crippen LogP contribution in [0.1, 0.15) is 31.7 Å². The van der Waals surface area contributed by atoms with Crippen molar-refractivity contribution in [1.82, 2.24) is 15.0 Å². The molecule has 0 saturated heterocycles. The molecule has 146 valence electrons. The lowest BCUT2D eigenvalue weighted by molar-refractivity contribution is 0.0641. The van der Waals surface area contributed by atoms with Gasteiger partial charge in [-0.3, -0.25) is 4.79 Å². The van der Waals surface area contributed by atoms with Gasteiger partial charge in [-0.15, -0.1) is 0 Å². The Labute approximate surface area is 163 Å². The van der Waals surface area contributed by atoms with Crippen LogP contribution in [0.25, 0.3) is 10.8 Å². The third kappa shape index (κ3) is 3.99. The summed E-state index contributed by atoms with van der Waals surface area (Å²) in [7, 11) is 0. The largest absolute Gasteiger partial charge is 0.390 e. The molecular formula is C21H25N5O2. The average molecular weight is 379 g/mol. The average Bonchev–Trinajstić information content (AvgIpc) is 2.98. The van der Waals surface area contributed by atoms with Crippen molar-refractivity contribution in [2.24, 2.45) is 5.92 Å². The Morgan fingerprint density at radius 1 is 1.32 bits per heavy atom. The molecule has 1 fully saturated rings. The van der Waals surface area contributed by atoms with Crippen LogP contribution < -0.4 is 16.2 Å². The molecular weight excluding hydrogens is 354 g/mol. The highest BCUT2D eigenvalue weighted by Crippen LogP contribution is 2.34. The lowest BCUT2D eigenvalue weighted by Crippen LogP contribution is -2.21. The van der Waals surface area contributed by atoms with E-state index in [1.807, 2.05) is 38.1 Å². The van der Waals surface area contributed by atoms with Crippen LogP contribution in [0.4, 0.5) is 17.5 Å². The molecule has 1 saturated carbocycles. The number of aromatic nitrogens is 3. The lowest BCUT2D eigenvalue weighted by Gasteiger charge is -2.17. The van der Waals surface area contributed by atoms with E-state index in [9.17, 15) is 9.90 Å². The van der Waals surface area contributed by atoms with Crippen LogP contribution in [0.3, 0.4) is 0 Å². The Morgan fingerprint density at radius 3 is 2.93 bits per heavy atom. The van der Waals surface area contributed by atoms with Crippen LogP contribution in [0.5, 0.6) is 0 Å². The topological polar surface area (TPSA) is 103 Å². The maximum Gasteiger partial charge on any atom is 0.259 e. The van der Waals surface area contributed by atoms with Gasteiger partial charge < -0.3 is 20.7 Å². The summed E-state index contributed by atoms with van der Waals surface area (Å²) in [4.78, 5) is 24.1. The van der Waals surface area contributed by atoms with Crippen molar-refractivity contribution < 1.29 is 5.11 Å². The first-order valence-electron chi connectivity index (χ1n) is 9.58. The minimum Gasteiger partial charge on any atom is -0.390 e. The Hall–Kier alpha value is -2.93. The van der Waals surface area contributed by atoms with Crippen molar-refractivity contribution in [3.05, 3.63) is 52.6 Å². The van der Waals surface area contributed by atoms with Crippen molar-refractivity contribution >= 4 is 28.2 Å². The molecule has 1 aliphatic rings. The van der Waals surface area contributed by atoms with Crippen molar-refractivity contribution in [2.75, 3.05) is 17.2 Å². The zero-order chi connectivity index (χ0) is 19.7. The first-order valence-corrected chi connectivity index (χ1v) is 9.58. The third-order valence-electron chi connectivity index (χ3n) is 5.30. The van der Waals surface area contributed by atoms with Crippen LogP contribution in [-0.4, -0.2) is 32.2 Å². The molecule has 2 unspecified atom stereocenters. The molecule has 0 aromatic carbocycles. The molecule has 3 heterocycles. The van der Waals surface area contributed by atoms with Gasteiger partial charge in [0.15, 0.2) is 0 Å². The number of hydrogen-bond acceptors (Lipinski definition) is 6. The number of anilines is 3. The van der Waals surface area contributed by atoms with Gasteiger partial charge in [-0.25, -0.2) is 9.97 Å². The fraction of sp³-hybridized carbons (Fsp3) is 0.381. The molecule has 0 bridgehead atoms. The fourth-order valence-electron chi connectivity index (χ4n) is 3.90. The van der Waals surface area contributed by atoms with Gasteiger partial charge >= 0.3 is 0 Å². The number of aryl methyl sites for hydroxylation is 1. The number of aromatic amines is 1. The summed E-state index contributed by atoms with van der Waals surface area (Å²) in [6, 6.07) is 7.58. The number of nitrogens with zero attached hydrogens (tertiary/aromatic N) is 2. The molecule has 0 aliphatic heterocycles. The smallest absolute Gasteiger partial charge is 0.259 e. The highest BCUT2D eigenvalue weighted by atomic mass is 16.3. The molecule has 0 spiro atoms. The number of H-pyrrole nitrogens is 1. The Balaban J connectivity index is 1.64. The number of fused-ring (bicyclic) bond motifs is 1. The molecule has 28 heavy (non-hydrogen) atoms. The lowest BCUT2D eigenvalue weighted by atomic mass is 10.0. The number of nitrogens with one attached hydrogen (secondary N) is 3. The van der Waals surface area contributed by atoms with Crippen LogP contribution in [0.2, 0.25) is 0 Å². The summed E-state index contributed by atoms with van der Waals surface area (Å²) in [6.07, 6.45) is 5.89. The van der Waals surface area contributed by atoms with Gasteiger partial charge in [0, 0.05) is 18.9 Å². The summed E-state index contributed by atoms with van der Waals surface area (Å²) in [5.74, 6) is 2.22. The van der Waals surface area contributed by atoms with E-state index in [0.29, 0.717) is 35.3 Å². The van der Waals surface area contributed by atoms with Gasteiger partial charge in [0.25, 0.3) is 5.56 Å². The van der Waals surface area contributed by atoms with Gasteiger partial charge in [-0.2, -0.15) is 0 Å². The van der Waals surface area contributed by atoms with E-state index >= 15 is 0 Å². The van der Waals surface area contributed by atoms with Gasteiger partial charge in [-0.05, 0) is 74.2 Å². The molecule has 7 heteroatoms. The molecule has 3 aromatic rings. The first-order chi connectivity index (χ1) is 13.4. The van der Waals surface area contributed by atoms with Gasteiger partial charge in [0.2, 0.25) is 0 Å². The minimum absolute atomic E-state index is 0.175. The van der Waals surface area contributed by atoms with Crippen LogP contribution in [0.15, 0.2) is 41.5 Å². The van der Waals surface area contributed by atoms with Crippen LogP contribution >= 0.6 is 0 Å². The molecule has 2 atom stereocenters. The SMILES string of the molecule is Cc1ccnc(Nc2cc3cc[nH]c(=O)c3c(NCC3CCC(C)(O)C3)n2)c1. The number of aliphatic hydroxyl groups is 1. The van der Waals surface area contributed by atoms with E-state index in [-0.39, 0.29) is 5.56 Å². The van der Waals surface area contributed by atoms with E-state index in [2.05, 4.69) is 25.6 Å². The number of pyridine rings is 3. The number of hydrogen-bond donors (Lipinski definition) is 4. The van der Waals surface area contributed by atoms with Crippen LogP contribution in [-0.2, 0) is 0 Å². The van der Waals surface area contributed by atoms with Gasteiger partial charge in [0.1, 0.15) is 17.5 Å². The second-order valence-corrected chi connectivity index (χ2v) is 7.96. The molecule has 4 N–H and O–H groups in total. The third-order valence-corrected chi connectivity index (χ3v) is 5.30. The van der Waals surface area contributed by atoms with Crippen molar-refractivity contribution in [3.8, 4) is 0 Å². The van der Waals surface area contributed by atoms with E-state index in [1.165, 1.54) is 0 Å². The molecule has 1 aliphatic carbocycles. The van der Waals surface area contributed by atoms with Gasteiger partial charge in [0.05, 0.1) is 11.0 Å². The first kappa shape index (κ1) is 18.4. The van der Waals surface area contributed by atoms with Crippen molar-refractivity contribution in [1.29, 1.82) is 0 Å². The molecule has 7 nitrogen and oxygen atoms in total. The summed E-state index contributed by atoms with van der Waals surface area (Å²) in [5.41, 5.74) is 0.326. The molecule has 3 aromatic heterocycles. The zero-order valence-corrected chi connectivity index (χ0v) is 16.1. The van der Waals surface area contributed by atoms with Crippen LogP contribution in [0, 0.1) is 12.8 Å². The predicted molar refractivity (Wildman–Crippen MR) is 111 cm³/mol. The standard InChI is InChI=1S/C21H25N5O2/c1-13-4-7-22-16(9-13)25-17-10-15-5-8-23-20(27)18(15)19(26-17)24-12-14-3-6-21(2,28)11-14/h4-5,7-10,14,28H,3,6,11-12H2,1-2H3,(H,23,27)(H2,22,24,25,26). The summed E-state index contributed by atoms with van der Waals surface area (Å²) in [6.45, 7) is 4.55. The minimum atomic E-state index is -0.598. The zero-order valence-electron chi connectivity index (χ0n) is 16.1. The second kappa shape index (κ2) is 7.24. The monoisotopic (exact) mass is 379 g/mol. The number of rotatable bonds is 5. The maximum absolute atomic E-state index is 12.4. The molecule has 0 amide bonds. The second-order valence-electron chi connectivity index (χ2n) is 7.96. The van der Waals surface area contributed by atoms with Gasteiger partial charge in [-0.1, -0.05) is 0 Å². The summed E-state index contributed by atoms with van der Waals surface area (Å²) in [5, 5.41) is 18.1. The van der Waals surface area contributed by atoms with E-state index in [0.717, 1.165) is 30.2 Å². The maximum atomic E-state index is 12.4. The highest BCUT2D eigenvalue weighted by Gasteiger charge is 2.32. The molecule has 0 radical (unpaired) electrons. The van der Waals surface area contributed by atoms with Crippen molar-refractivity contribution in [2.45, 2.75) is 38.7 Å². The van der Waals surface area contributed by atoms with Crippen molar-refractivity contribution in [3.63, 3.8) is 0 Å². The van der Waals surface area contributed by atoms with E-state index in [1.54, 1.807) is 12.4 Å². The fourth-order valence-corrected chi connectivity index (χ4v) is 3.90. The quantitative estimate of drug-likeness (QED) is 0.542. The van der Waals surface area contributed by atoms with E-state index in [4.69, 9.17) is 0 Å². The van der Waals surface area contributed by atoms with E-state index < -0.39 is 5.60 Å². The predicted octanol–water partition coefficient (Wildman–Crippen LogP) is 3.33. The Morgan fingerprint density at radius 2 is 2.18 bits per heavy atom. The normalized spacial score (nSPS) is 21.8. The summed E-state index contributed by atoms with van der Waals surface area (Å²) >= 11 is 0. The summed E-state index contributed by atoms with van der Waals surface area (Å²) < 4.78 is 0.